The fourth-order valence-electron chi connectivity index (χ4n) is 1.92. The second kappa shape index (κ2) is 5.61. The van der Waals surface area contributed by atoms with Gasteiger partial charge in [0, 0.05) is 23.6 Å². The van der Waals surface area contributed by atoms with Crippen molar-refractivity contribution in [2.45, 2.75) is 13.3 Å². The molecule has 2 aromatic rings. The number of carbonyl (C=O) groups excluding carboxylic acids is 1. The molecule has 0 heterocycles. The van der Waals surface area contributed by atoms with Gasteiger partial charge in [-0.2, -0.15) is 0 Å². The van der Waals surface area contributed by atoms with Crippen molar-refractivity contribution < 1.29 is 14.1 Å². The molecule has 2 rings (SSSR count). The number of rotatable bonds is 4. The molecule has 0 bridgehead atoms. The minimum atomic E-state index is -0.483. The first kappa shape index (κ1) is 13.9. The van der Waals surface area contributed by atoms with E-state index in [2.05, 4.69) is 0 Å². The van der Waals surface area contributed by atoms with Crippen molar-refractivity contribution in [3.05, 3.63) is 75.1 Å². The number of nitro groups is 1. The van der Waals surface area contributed by atoms with Gasteiger partial charge in [-0.05, 0) is 36.8 Å². The van der Waals surface area contributed by atoms with Crippen molar-refractivity contribution in [1.82, 2.24) is 0 Å². The lowest BCUT2D eigenvalue weighted by Gasteiger charge is -2.03. The van der Waals surface area contributed by atoms with Gasteiger partial charge in [0.1, 0.15) is 5.82 Å². The molecule has 0 aromatic heterocycles. The fraction of sp³-hybridized carbons (Fsp3) is 0.133. The highest BCUT2D eigenvalue weighted by molar-refractivity contribution is 5.97. The average molecular weight is 273 g/mol. The summed E-state index contributed by atoms with van der Waals surface area (Å²) in [6.07, 6.45) is 0.136. The maximum Gasteiger partial charge on any atom is 0.272 e. The Morgan fingerprint density at radius 2 is 1.85 bits per heavy atom. The number of halogens is 1. The second-order valence-electron chi connectivity index (χ2n) is 4.48. The van der Waals surface area contributed by atoms with Crippen LogP contribution in [-0.2, 0) is 6.42 Å². The van der Waals surface area contributed by atoms with Gasteiger partial charge < -0.3 is 0 Å². The Hall–Kier alpha value is -2.56. The number of nitrogens with zero attached hydrogens (tertiary/aromatic N) is 1. The maximum absolute atomic E-state index is 12.8. The molecule has 0 aliphatic carbocycles. The van der Waals surface area contributed by atoms with Gasteiger partial charge in [0.2, 0.25) is 0 Å². The van der Waals surface area contributed by atoms with Gasteiger partial charge in [0.25, 0.3) is 5.69 Å². The predicted octanol–water partition coefficient (Wildman–Crippen LogP) is 3.47. The lowest BCUT2D eigenvalue weighted by atomic mass is 10.0. The van der Waals surface area contributed by atoms with Crippen molar-refractivity contribution in [2.24, 2.45) is 0 Å². The summed E-state index contributed by atoms with van der Waals surface area (Å²) in [4.78, 5) is 22.3. The Bertz CT molecular complexity index is 665. The zero-order chi connectivity index (χ0) is 14.7. The molecule has 0 saturated heterocycles. The summed E-state index contributed by atoms with van der Waals surface area (Å²) in [5, 5.41) is 10.7. The smallest absolute Gasteiger partial charge is 0.272 e. The number of hydrogen-bond donors (Lipinski definition) is 0. The first-order valence-electron chi connectivity index (χ1n) is 6.00. The average Bonchev–Trinajstić information content (AvgIpc) is 2.40. The summed E-state index contributed by atoms with van der Waals surface area (Å²) >= 11 is 0. The van der Waals surface area contributed by atoms with Crippen LogP contribution in [0.1, 0.15) is 21.5 Å². The topological polar surface area (TPSA) is 60.2 Å². The normalized spacial score (nSPS) is 10.3. The Labute approximate surface area is 115 Å². The highest BCUT2D eigenvalue weighted by atomic mass is 19.1. The zero-order valence-electron chi connectivity index (χ0n) is 10.8. The van der Waals surface area contributed by atoms with E-state index >= 15 is 0 Å². The van der Waals surface area contributed by atoms with Crippen LogP contribution < -0.4 is 0 Å². The largest absolute Gasteiger partial charge is 0.294 e. The van der Waals surface area contributed by atoms with E-state index in [9.17, 15) is 19.3 Å². The summed E-state index contributed by atoms with van der Waals surface area (Å²) in [5.41, 5.74) is 1.55. The Kier molecular flexibility index (Phi) is 3.89. The first-order chi connectivity index (χ1) is 9.47. The van der Waals surface area contributed by atoms with Crippen molar-refractivity contribution in [3.63, 3.8) is 0 Å². The van der Waals surface area contributed by atoms with Gasteiger partial charge in [-0.3, -0.25) is 14.9 Å². The monoisotopic (exact) mass is 273 g/mol. The van der Waals surface area contributed by atoms with E-state index < -0.39 is 4.92 Å². The lowest BCUT2D eigenvalue weighted by Crippen LogP contribution is -2.04. The molecule has 5 heteroatoms. The molecule has 0 aliphatic rings. The molecule has 0 atom stereocenters. The Balaban J connectivity index is 2.19. The molecule has 4 nitrogen and oxygen atoms in total. The van der Waals surface area contributed by atoms with Gasteiger partial charge in [-0.15, -0.1) is 0 Å². The van der Waals surface area contributed by atoms with E-state index in [4.69, 9.17) is 0 Å². The van der Waals surface area contributed by atoms with Crippen molar-refractivity contribution >= 4 is 11.5 Å². The molecule has 0 radical (unpaired) electrons. The van der Waals surface area contributed by atoms with Gasteiger partial charge in [-0.25, -0.2) is 4.39 Å². The summed E-state index contributed by atoms with van der Waals surface area (Å²) in [5.74, 6) is -0.512. The van der Waals surface area contributed by atoms with E-state index in [0.717, 1.165) is 0 Å². The maximum atomic E-state index is 12.8. The van der Waals surface area contributed by atoms with Crippen LogP contribution in [0.15, 0.2) is 42.5 Å². The number of nitro benzene ring substituents is 1. The van der Waals surface area contributed by atoms with Gasteiger partial charge >= 0.3 is 0 Å². The second-order valence-corrected chi connectivity index (χ2v) is 4.48. The van der Waals surface area contributed by atoms with Gasteiger partial charge in [-0.1, -0.05) is 12.1 Å². The highest BCUT2D eigenvalue weighted by Gasteiger charge is 2.14. The molecule has 0 fully saturated rings. The van der Waals surface area contributed by atoms with Crippen LogP contribution in [0.2, 0.25) is 0 Å². The van der Waals surface area contributed by atoms with Crippen LogP contribution in [0.25, 0.3) is 0 Å². The quantitative estimate of drug-likeness (QED) is 0.487. The van der Waals surface area contributed by atoms with E-state index in [0.29, 0.717) is 16.7 Å². The third kappa shape index (κ3) is 3.06. The molecular formula is C15H12FNO3. The summed E-state index contributed by atoms with van der Waals surface area (Å²) in [6, 6.07) is 9.96. The Morgan fingerprint density at radius 3 is 2.40 bits per heavy atom. The minimum absolute atomic E-state index is 0.0108. The molecule has 0 amide bonds. The summed E-state index contributed by atoms with van der Waals surface area (Å²) in [7, 11) is 0. The highest BCUT2D eigenvalue weighted by Crippen LogP contribution is 2.20. The Morgan fingerprint density at radius 1 is 1.20 bits per heavy atom. The SMILES string of the molecule is Cc1cc(C(=O)Cc2ccc(F)cc2)ccc1[N+](=O)[O-]. The van der Waals surface area contributed by atoms with E-state index in [1.165, 1.54) is 30.3 Å². The third-order valence-electron chi connectivity index (χ3n) is 2.99. The number of hydrogen-bond acceptors (Lipinski definition) is 3. The molecule has 20 heavy (non-hydrogen) atoms. The summed E-state index contributed by atoms with van der Waals surface area (Å²) < 4.78 is 12.8. The number of Topliss-reactive ketones (excluding diaryl/α,β-unsaturated/α-hetero) is 1. The zero-order valence-corrected chi connectivity index (χ0v) is 10.8. The van der Waals surface area contributed by atoms with Crippen LogP contribution in [0.4, 0.5) is 10.1 Å². The number of aryl methyl sites for hydroxylation is 1. The molecular weight excluding hydrogens is 261 g/mol. The molecule has 2 aromatic carbocycles. The van der Waals surface area contributed by atoms with E-state index in [1.807, 2.05) is 0 Å². The molecule has 0 N–H and O–H groups in total. The molecule has 102 valence electrons. The van der Waals surface area contributed by atoms with Gasteiger partial charge in [0.15, 0.2) is 5.78 Å². The van der Waals surface area contributed by atoms with Gasteiger partial charge in [0.05, 0.1) is 4.92 Å². The van der Waals surface area contributed by atoms with Crippen LogP contribution >= 0.6 is 0 Å². The van der Waals surface area contributed by atoms with Crippen LogP contribution in [0, 0.1) is 22.9 Å². The van der Waals surface area contributed by atoms with Crippen LogP contribution in [0.3, 0.4) is 0 Å². The van der Waals surface area contributed by atoms with E-state index in [-0.39, 0.29) is 23.7 Å². The van der Waals surface area contributed by atoms with E-state index in [1.54, 1.807) is 19.1 Å². The number of carbonyl (C=O) groups is 1. The first-order valence-corrected chi connectivity index (χ1v) is 6.00. The lowest BCUT2D eigenvalue weighted by molar-refractivity contribution is -0.385. The molecule has 0 spiro atoms. The number of benzene rings is 2. The molecule has 0 saturated carbocycles. The fourth-order valence-corrected chi connectivity index (χ4v) is 1.92. The third-order valence-corrected chi connectivity index (χ3v) is 2.99. The van der Waals surface area contributed by atoms with Crippen molar-refractivity contribution in [1.29, 1.82) is 0 Å². The molecule has 0 unspecified atom stereocenters. The predicted molar refractivity (Wildman–Crippen MR) is 72.3 cm³/mol. The van der Waals surface area contributed by atoms with Crippen LogP contribution in [-0.4, -0.2) is 10.7 Å². The summed E-state index contributed by atoms with van der Waals surface area (Å²) in [6.45, 7) is 1.59. The van der Waals surface area contributed by atoms with Crippen LogP contribution in [0.5, 0.6) is 0 Å². The number of ketones is 1. The molecule has 0 aliphatic heterocycles. The van der Waals surface area contributed by atoms with Crippen molar-refractivity contribution in [3.8, 4) is 0 Å². The standard InChI is InChI=1S/C15H12FNO3/c1-10-8-12(4-7-14(10)17(19)20)15(18)9-11-2-5-13(16)6-3-11/h2-8H,9H2,1H3. The van der Waals surface area contributed by atoms with Crippen molar-refractivity contribution in [2.75, 3.05) is 0 Å². The minimum Gasteiger partial charge on any atom is -0.294 e.